The Morgan fingerprint density at radius 3 is 2.43 bits per heavy atom. The number of imidazole rings is 1. The lowest BCUT2D eigenvalue weighted by molar-refractivity contribution is 0.0741. The molecule has 1 amide bonds. The lowest BCUT2D eigenvalue weighted by Gasteiger charge is -2.35. The second kappa shape index (κ2) is 6.95. The van der Waals surface area contributed by atoms with Gasteiger partial charge in [0.25, 0.3) is 5.91 Å². The average Bonchev–Trinajstić information content (AvgIpc) is 2.93. The van der Waals surface area contributed by atoms with E-state index in [1.807, 2.05) is 17.8 Å². The molecule has 2 aromatic rings. The smallest absolute Gasteiger partial charge is 0.256 e. The largest absolute Gasteiger partial charge is 0.339 e. The maximum Gasteiger partial charge on any atom is 0.256 e. The van der Waals surface area contributed by atoms with Gasteiger partial charge in [0, 0.05) is 51.7 Å². The number of hydrogen-bond acceptors (Lipinski definition) is 3. The molecular weight excluding hydrogens is 326 g/mol. The number of rotatable bonds is 2. The highest BCUT2D eigenvalue weighted by Gasteiger charge is 2.25. The van der Waals surface area contributed by atoms with Crippen LogP contribution in [0.4, 0.5) is 14.7 Å². The second-order valence-corrected chi connectivity index (χ2v) is 5.24. The number of aryl methyl sites for hydroxylation is 1. The first kappa shape index (κ1) is 17.2. The average molecular weight is 343 g/mol. The van der Waals surface area contributed by atoms with Crippen molar-refractivity contribution >= 4 is 24.3 Å². The molecule has 0 saturated carbocycles. The summed E-state index contributed by atoms with van der Waals surface area (Å²) in [6.45, 7) is 2.20. The van der Waals surface area contributed by atoms with E-state index in [2.05, 4.69) is 9.88 Å². The normalized spacial score (nSPS) is 14.6. The Hall–Kier alpha value is -2.15. The molecule has 1 aliphatic rings. The summed E-state index contributed by atoms with van der Waals surface area (Å²) in [4.78, 5) is 20.2. The molecule has 2 heterocycles. The number of halogens is 3. The molecule has 23 heavy (non-hydrogen) atoms. The SMILES string of the molecule is Cl.Cn1ccnc1N1CCN(C(=O)c2ccc(F)cc2F)CC1. The van der Waals surface area contributed by atoms with E-state index < -0.39 is 17.5 Å². The van der Waals surface area contributed by atoms with Crippen molar-refractivity contribution < 1.29 is 13.6 Å². The Morgan fingerprint density at radius 1 is 1.17 bits per heavy atom. The van der Waals surface area contributed by atoms with E-state index in [4.69, 9.17) is 0 Å². The number of carbonyl (C=O) groups is 1. The zero-order valence-electron chi connectivity index (χ0n) is 12.6. The molecule has 8 heteroatoms. The second-order valence-electron chi connectivity index (χ2n) is 5.24. The molecule has 5 nitrogen and oxygen atoms in total. The van der Waals surface area contributed by atoms with Gasteiger partial charge in [-0.3, -0.25) is 4.79 Å². The molecule has 1 aliphatic heterocycles. The molecule has 0 spiro atoms. The van der Waals surface area contributed by atoms with E-state index in [0.717, 1.165) is 18.1 Å². The standard InChI is InChI=1S/C15H16F2N4O.ClH/c1-19-5-4-18-15(19)21-8-6-20(7-9-21)14(22)12-3-2-11(16)10-13(12)17;/h2-5,10H,6-9H2,1H3;1H. The number of benzene rings is 1. The number of nitrogens with zero attached hydrogens (tertiary/aromatic N) is 4. The fourth-order valence-corrected chi connectivity index (χ4v) is 2.61. The summed E-state index contributed by atoms with van der Waals surface area (Å²) in [6.07, 6.45) is 3.58. The first-order valence-corrected chi connectivity index (χ1v) is 7.03. The van der Waals surface area contributed by atoms with Gasteiger partial charge in [0.1, 0.15) is 11.6 Å². The molecule has 1 aromatic carbocycles. The van der Waals surface area contributed by atoms with Gasteiger partial charge < -0.3 is 14.4 Å². The Labute approximate surface area is 138 Å². The monoisotopic (exact) mass is 342 g/mol. The van der Waals surface area contributed by atoms with Crippen LogP contribution in [0.25, 0.3) is 0 Å². The van der Waals surface area contributed by atoms with Crippen molar-refractivity contribution in [2.45, 2.75) is 0 Å². The van der Waals surface area contributed by atoms with E-state index in [1.54, 1.807) is 11.1 Å². The summed E-state index contributed by atoms with van der Waals surface area (Å²) in [6, 6.07) is 3.02. The van der Waals surface area contributed by atoms with Crippen molar-refractivity contribution in [3.63, 3.8) is 0 Å². The van der Waals surface area contributed by atoms with E-state index in [0.29, 0.717) is 26.2 Å². The Kier molecular flexibility index (Phi) is 5.20. The summed E-state index contributed by atoms with van der Waals surface area (Å²) in [5.41, 5.74) is -0.0909. The van der Waals surface area contributed by atoms with Crippen LogP contribution in [-0.2, 0) is 7.05 Å². The van der Waals surface area contributed by atoms with Crippen LogP contribution in [0.5, 0.6) is 0 Å². The van der Waals surface area contributed by atoms with Gasteiger partial charge in [-0.25, -0.2) is 13.8 Å². The third-order valence-corrected chi connectivity index (χ3v) is 3.81. The van der Waals surface area contributed by atoms with Gasteiger partial charge in [0.15, 0.2) is 0 Å². The topological polar surface area (TPSA) is 41.4 Å². The van der Waals surface area contributed by atoms with Gasteiger partial charge in [-0.1, -0.05) is 0 Å². The lowest BCUT2D eigenvalue weighted by atomic mass is 10.1. The number of piperazine rings is 1. The van der Waals surface area contributed by atoms with Gasteiger partial charge >= 0.3 is 0 Å². The third-order valence-electron chi connectivity index (χ3n) is 3.81. The third kappa shape index (κ3) is 3.44. The highest BCUT2D eigenvalue weighted by Crippen LogP contribution is 2.16. The van der Waals surface area contributed by atoms with E-state index in [1.165, 1.54) is 6.07 Å². The number of anilines is 1. The maximum absolute atomic E-state index is 13.7. The van der Waals surface area contributed by atoms with Gasteiger partial charge in [0.05, 0.1) is 5.56 Å². The lowest BCUT2D eigenvalue weighted by Crippen LogP contribution is -2.49. The summed E-state index contributed by atoms with van der Waals surface area (Å²) in [5.74, 6) is -1.07. The van der Waals surface area contributed by atoms with Crippen LogP contribution in [0.15, 0.2) is 30.6 Å². The van der Waals surface area contributed by atoms with Crippen LogP contribution < -0.4 is 4.90 Å². The molecule has 3 rings (SSSR count). The minimum absolute atomic E-state index is 0. The van der Waals surface area contributed by atoms with Crippen molar-refractivity contribution in [3.8, 4) is 0 Å². The van der Waals surface area contributed by atoms with Crippen LogP contribution in [0.2, 0.25) is 0 Å². The van der Waals surface area contributed by atoms with Crippen molar-refractivity contribution in [1.29, 1.82) is 0 Å². The zero-order valence-corrected chi connectivity index (χ0v) is 13.4. The van der Waals surface area contributed by atoms with Crippen LogP contribution in [0, 0.1) is 11.6 Å². The van der Waals surface area contributed by atoms with Crippen LogP contribution in [0.3, 0.4) is 0 Å². The van der Waals surface area contributed by atoms with Crippen molar-refractivity contribution in [1.82, 2.24) is 14.5 Å². The summed E-state index contributed by atoms with van der Waals surface area (Å²) >= 11 is 0. The molecule has 0 bridgehead atoms. The van der Waals surface area contributed by atoms with Crippen LogP contribution >= 0.6 is 12.4 Å². The Morgan fingerprint density at radius 2 is 1.87 bits per heavy atom. The molecule has 0 unspecified atom stereocenters. The first-order valence-electron chi connectivity index (χ1n) is 7.03. The molecule has 1 fully saturated rings. The van der Waals surface area contributed by atoms with Gasteiger partial charge in [0.2, 0.25) is 5.95 Å². The molecular formula is C15H17ClF2N4O. The molecule has 0 aliphatic carbocycles. The molecule has 0 N–H and O–H groups in total. The fourth-order valence-electron chi connectivity index (χ4n) is 2.61. The maximum atomic E-state index is 13.7. The van der Waals surface area contributed by atoms with E-state index in [-0.39, 0.29) is 18.0 Å². The molecule has 0 radical (unpaired) electrons. The summed E-state index contributed by atoms with van der Waals surface area (Å²) in [5, 5.41) is 0. The number of carbonyl (C=O) groups excluding carboxylic acids is 1. The van der Waals surface area contributed by atoms with Gasteiger partial charge in [-0.05, 0) is 12.1 Å². The van der Waals surface area contributed by atoms with Gasteiger partial charge in [-0.15, -0.1) is 12.4 Å². The zero-order chi connectivity index (χ0) is 15.7. The molecule has 1 aromatic heterocycles. The van der Waals surface area contributed by atoms with Crippen LogP contribution in [0.1, 0.15) is 10.4 Å². The fraction of sp³-hybridized carbons (Fsp3) is 0.333. The highest BCUT2D eigenvalue weighted by atomic mass is 35.5. The predicted octanol–water partition coefficient (Wildman–Crippen LogP) is 2.08. The van der Waals surface area contributed by atoms with Crippen molar-refractivity contribution in [2.24, 2.45) is 7.05 Å². The highest BCUT2D eigenvalue weighted by molar-refractivity contribution is 5.94. The Balaban J connectivity index is 0.00000192. The first-order chi connectivity index (χ1) is 10.6. The minimum Gasteiger partial charge on any atom is -0.339 e. The number of amides is 1. The van der Waals surface area contributed by atoms with Crippen molar-refractivity contribution in [2.75, 3.05) is 31.1 Å². The Bertz CT molecular complexity index is 699. The van der Waals surface area contributed by atoms with E-state index in [9.17, 15) is 13.6 Å². The predicted molar refractivity (Wildman–Crippen MR) is 84.9 cm³/mol. The number of hydrogen-bond donors (Lipinski definition) is 0. The quantitative estimate of drug-likeness (QED) is 0.839. The molecule has 1 saturated heterocycles. The summed E-state index contributed by atoms with van der Waals surface area (Å²) < 4.78 is 28.5. The minimum atomic E-state index is -0.823. The van der Waals surface area contributed by atoms with E-state index >= 15 is 0 Å². The van der Waals surface area contributed by atoms with Gasteiger partial charge in [-0.2, -0.15) is 0 Å². The summed E-state index contributed by atoms with van der Waals surface area (Å²) in [7, 11) is 1.91. The number of aromatic nitrogens is 2. The molecule has 0 atom stereocenters. The van der Waals surface area contributed by atoms with Crippen molar-refractivity contribution in [3.05, 3.63) is 47.8 Å². The van der Waals surface area contributed by atoms with Crippen LogP contribution in [-0.4, -0.2) is 46.5 Å². The molecule has 124 valence electrons.